The lowest BCUT2D eigenvalue weighted by Crippen LogP contribution is -2.34. The molecule has 13 heavy (non-hydrogen) atoms. The average molecular weight is 202 g/mol. The molecule has 80 valence electrons. The zero-order valence-corrected chi connectivity index (χ0v) is 7.44. The lowest BCUT2D eigenvalue weighted by molar-refractivity contribution is -0.119. The summed E-state index contributed by atoms with van der Waals surface area (Å²) < 4.78 is 49.1. The first-order valence-electron chi connectivity index (χ1n) is 4.16. The maximum Gasteiger partial charge on any atom is 0.275 e. The molecule has 0 amide bonds. The molecule has 0 heterocycles. The zero-order valence-electron chi connectivity index (χ0n) is 7.44. The number of hydrogen-bond acceptors (Lipinski definition) is 1. The maximum atomic E-state index is 12.7. The Morgan fingerprint density at radius 3 is 2.23 bits per heavy atom. The van der Waals surface area contributed by atoms with Crippen molar-refractivity contribution in [1.29, 1.82) is 0 Å². The highest BCUT2D eigenvalue weighted by molar-refractivity contribution is 4.76. The van der Waals surface area contributed by atoms with Crippen LogP contribution in [0.2, 0.25) is 0 Å². The van der Waals surface area contributed by atoms with Crippen LogP contribution in [0.5, 0.6) is 0 Å². The minimum Gasteiger partial charge on any atom is -0.387 e. The number of aliphatic hydroxyl groups is 1. The standard InChI is InChI=1S/C8H14F4O/c1-6(10)2-3-7(13)8(11,12)4-5-9/h6-7,13H,2-5H2,1H3. The number of alkyl halides is 4. The summed E-state index contributed by atoms with van der Waals surface area (Å²) in [7, 11) is 0. The van der Waals surface area contributed by atoms with Crippen molar-refractivity contribution >= 4 is 0 Å². The molecule has 0 saturated carbocycles. The summed E-state index contributed by atoms with van der Waals surface area (Å²) >= 11 is 0. The summed E-state index contributed by atoms with van der Waals surface area (Å²) in [6.45, 7) is 0.0370. The average Bonchev–Trinajstić information content (AvgIpc) is 1.99. The van der Waals surface area contributed by atoms with Gasteiger partial charge in [-0.05, 0) is 19.8 Å². The SMILES string of the molecule is CC(F)CCC(O)C(F)(F)CCF. The van der Waals surface area contributed by atoms with E-state index in [1.54, 1.807) is 0 Å². The van der Waals surface area contributed by atoms with E-state index in [2.05, 4.69) is 0 Å². The molecular formula is C8H14F4O. The van der Waals surface area contributed by atoms with Gasteiger partial charge in [-0.2, -0.15) is 0 Å². The van der Waals surface area contributed by atoms with Gasteiger partial charge in [0.1, 0.15) is 6.10 Å². The van der Waals surface area contributed by atoms with Crippen molar-refractivity contribution in [1.82, 2.24) is 0 Å². The van der Waals surface area contributed by atoms with E-state index in [4.69, 9.17) is 5.11 Å². The van der Waals surface area contributed by atoms with E-state index < -0.39 is 31.3 Å². The fraction of sp³-hybridized carbons (Fsp3) is 1.00. The molecule has 0 spiro atoms. The monoisotopic (exact) mass is 202 g/mol. The molecule has 1 nitrogen and oxygen atoms in total. The van der Waals surface area contributed by atoms with Gasteiger partial charge in [0.25, 0.3) is 5.92 Å². The second-order valence-corrected chi connectivity index (χ2v) is 3.07. The van der Waals surface area contributed by atoms with Crippen LogP contribution < -0.4 is 0 Å². The Bertz CT molecular complexity index is 138. The van der Waals surface area contributed by atoms with Gasteiger partial charge in [0.15, 0.2) is 0 Å². The predicted octanol–water partition coefficient (Wildman–Crippen LogP) is 2.48. The van der Waals surface area contributed by atoms with Gasteiger partial charge >= 0.3 is 0 Å². The van der Waals surface area contributed by atoms with E-state index in [1.165, 1.54) is 6.92 Å². The molecule has 0 aliphatic carbocycles. The molecule has 5 heteroatoms. The predicted molar refractivity (Wildman–Crippen MR) is 41.3 cm³/mol. The van der Waals surface area contributed by atoms with Crippen molar-refractivity contribution in [2.75, 3.05) is 6.67 Å². The molecule has 2 unspecified atom stereocenters. The molecule has 0 rings (SSSR count). The molecule has 0 bridgehead atoms. The maximum absolute atomic E-state index is 12.7. The fourth-order valence-corrected chi connectivity index (χ4v) is 0.891. The quantitative estimate of drug-likeness (QED) is 0.656. The van der Waals surface area contributed by atoms with Crippen LogP contribution in [-0.2, 0) is 0 Å². The van der Waals surface area contributed by atoms with E-state index >= 15 is 0 Å². The molecule has 0 saturated heterocycles. The first-order chi connectivity index (χ1) is 5.90. The van der Waals surface area contributed by atoms with Crippen molar-refractivity contribution in [3.05, 3.63) is 0 Å². The molecule has 0 aromatic heterocycles. The lowest BCUT2D eigenvalue weighted by Gasteiger charge is -2.21. The topological polar surface area (TPSA) is 20.2 Å². The highest BCUT2D eigenvalue weighted by Crippen LogP contribution is 2.26. The van der Waals surface area contributed by atoms with E-state index in [-0.39, 0.29) is 12.8 Å². The van der Waals surface area contributed by atoms with Gasteiger partial charge in [-0.3, -0.25) is 4.39 Å². The van der Waals surface area contributed by atoms with Gasteiger partial charge in [-0.15, -0.1) is 0 Å². The smallest absolute Gasteiger partial charge is 0.275 e. The Balaban J connectivity index is 3.86. The lowest BCUT2D eigenvalue weighted by atomic mass is 10.0. The van der Waals surface area contributed by atoms with Crippen molar-refractivity contribution < 1.29 is 22.7 Å². The van der Waals surface area contributed by atoms with Crippen molar-refractivity contribution in [3.8, 4) is 0 Å². The van der Waals surface area contributed by atoms with E-state index in [0.717, 1.165) is 0 Å². The van der Waals surface area contributed by atoms with Crippen LogP contribution in [0.1, 0.15) is 26.2 Å². The Hall–Kier alpha value is -0.320. The van der Waals surface area contributed by atoms with Crippen LogP contribution in [-0.4, -0.2) is 30.0 Å². The number of halogens is 4. The number of rotatable bonds is 6. The second kappa shape index (κ2) is 5.42. The van der Waals surface area contributed by atoms with Crippen LogP contribution in [0.3, 0.4) is 0 Å². The molecule has 0 fully saturated rings. The van der Waals surface area contributed by atoms with Crippen molar-refractivity contribution in [2.24, 2.45) is 0 Å². The summed E-state index contributed by atoms with van der Waals surface area (Å²) in [6, 6.07) is 0. The summed E-state index contributed by atoms with van der Waals surface area (Å²) in [6.07, 6.45) is -4.65. The van der Waals surface area contributed by atoms with Gasteiger partial charge in [0.05, 0.1) is 12.8 Å². The molecule has 2 atom stereocenters. The Labute approximate surface area is 74.8 Å². The highest BCUT2D eigenvalue weighted by Gasteiger charge is 2.37. The molecular weight excluding hydrogens is 188 g/mol. The van der Waals surface area contributed by atoms with E-state index in [9.17, 15) is 17.6 Å². The van der Waals surface area contributed by atoms with Crippen LogP contribution in [0.4, 0.5) is 17.6 Å². The number of aliphatic hydroxyl groups excluding tert-OH is 1. The molecule has 0 radical (unpaired) electrons. The van der Waals surface area contributed by atoms with Crippen molar-refractivity contribution in [3.63, 3.8) is 0 Å². The minimum absolute atomic E-state index is 0.136. The first kappa shape index (κ1) is 12.7. The highest BCUT2D eigenvalue weighted by atomic mass is 19.3. The van der Waals surface area contributed by atoms with Crippen LogP contribution in [0.15, 0.2) is 0 Å². The first-order valence-corrected chi connectivity index (χ1v) is 4.16. The Morgan fingerprint density at radius 2 is 1.85 bits per heavy atom. The van der Waals surface area contributed by atoms with Gasteiger partial charge in [-0.1, -0.05) is 0 Å². The van der Waals surface area contributed by atoms with Gasteiger partial charge in [-0.25, -0.2) is 13.2 Å². The normalized spacial score (nSPS) is 17.1. The zero-order chi connectivity index (χ0) is 10.5. The summed E-state index contributed by atoms with van der Waals surface area (Å²) in [4.78, 5) is 0. The van der Waals surface area contributed by atoms with Gasteiger partial charge < -0.3 is 5.11 Å². The fourth-order valence-electron chi connectivity index (χ4n) is 0.891. The molecule has 0 aliphatic heterocycles. The summed E-state index contributed by atoms with van der Waals surface area (Å²) in [5.41, 5.74) is 0. The van der Waals surface area contributed by atoms with Gasteiger partial charge in [0, 0.05) is 6.42 Å². The Kier molecular flexibility index (Phi) is 5.29. The minimum atomic E-state index is -3.44. The second-order valence-electron chi connectivity index (χ2n) is 3.07. The van der Waals surface area contributed by atoms with Crippen LogP contribution in [0.25, 0.3) is 0 Å². The molecule has 0 aromatic rings. The Morgan fingerprint density at radius 1 is 1.31 bits per heavy atom. The van der Waals surface area contributed by atoms with Gasteiger partial charge in [0.2, 0.25) is 0 Å². The summed E-state index contributed by atoms with van der Waals surface area (Å²) in [5, 5.41) is 8.87. The summed E-state index contributed by atoms with van der Waals surface area (Å²) in [5.74, 6) is -3.44. The van der Waals surface area contributed by atoms with Crippen LogP contribution in [0, 0.1) is 0 Å². The molecule has 0 aliphatic rings. The third kappa shape index (κ3) is 5.08. The molecule has 0 aromatic carbocycles. The van der Waals surface area contributed by atoms with E-state index in [1.807, 2.05) is 0 Å². The third-order valence-electron chi connectivity index (χ3n) is 1.75. The van der Waals surface area contributed by atoms with Crippen LogP contribution >= 0.6 is 0 Å². The third-order valence-corrected chi connectivity index (χ3v) is 1.75. The van der Waals surface area contributed by atoms with Crippen molar-refractivity contribution in [2.45, 2.75) is 44.4 Å². The number of hydrogen-bond donors (Lipinski definition) is 1. The van der Waals surface area contributed by atoms with E-state index in [0.29, 0.717) is 0 Å². The molecule has 1 N–H and O–H groups in total. The largest absolute Gasteiger partial charge is 0.387 e.